The average molecular weight is 291 g/mol. The molecule has 1 aliphatic carbocycles. The molecule has 3 heteroatoms. The minimum atomic E-state index is 0.330. The molecule has 20 heavy (non-hydrogen) atoms. The number of Topliss-reactive ketones (excluding diaryl/α,β-unsaturated/α-hetero) is 1. The number of nitrogens with zero attached hydrogens (tertiary/aromatic N) is 1. The molecule has 2 aliphatic rings. The van der Waals surface area contributed by atoms with Crippen molar-refractivity contribution in [1.82, 2.24) is 4.90 Å². The first-order valence-electron chi connectivity index (χ1n) is 7.99. The van der Waals surface area contributed by atoms with Crippen molar-refractivity contribution >= 4 is 17.1 Å². The molecule has 110 valence electrons. The molecule has 1 unspecified atom stereocenters. The molecular formula is C17H25NOS. The number of likely N-dealkylation sites (tertiary alicyclic amines) is 1. The van der Waals surface area contributed by atoms with Gasteiger partial charge in [-0.25, -0.2) is 0 Å². The quantitative estimate of drug-likeness (QED) is 0.775. The van der Waals surface area contributed by atoms with Gasteiger partial charge in [-0.1, -0.05) is 12.8 Å². The molecule has 0 bridgehead atoms. The summed E-state index contributed by atoms with van der Waals surface area (Å²) in [5.74, 6) is 1.19. The smallest absolute Gasteiger partial charge is 0.177 e. The highest BCUT2D eigenvalue weighted by molar-refractivity contribution is 7.12. The van der Waals surface area contributed by atoms with E-state index in [1.165, 1.54) is 48.3 Å². The van der Waals surface area contributed by atoms with Gasteiger partial charge in [-0.15, -0.1) is 11.3 Å². The first-order chi connectivity index (χ1) is 9.65. The van der Waals surface area contributed by atoms with E-state index in [1.54, 1.807) is 11.3 Å². The highest BCUT2D eigenvalue weighted by Crippen LogP contribution is 2.35. The molecule has 1 saturated carbocycles. The number of rotatable bonds is 4. The van der Waals surface area contributed by atoms with Crippen LogP contribution < -0.4 is 0 Å². The van der Waals surface area contributed by atoms with E-state index in [1.807, 2.05) is 0 Å². The third kappa shape index (κ3) is 2.84. The summed E-state index contributed by atoms with van der Waals surface area (Å²) in [6.07, 6.45) is 8.13. The Bertz CT molecular complexity index is 487. The van der Waals surface area contributed by atoms with Crippen molar-refractivity contribution in [3.05, 3.63) is 21.4 Å². The zero-order chi connectivity index (χ0) is 14.1. The second-order valence-corrected chi connectivity index (χ2v) is 7.94. The molecule has 0 spiro atoms. The molecule has 2 fully saturated rings. The monoisotopic (exact) mass is 291 g/mol. The van der Waals surface area contributed by atoms with Crippen LogP contribution in [0.25, 0.3) is 0 Å². The van der Waals surface area contributed by atoms with Crippen LogP contribution in [-0.4, -0.2) is 29.8 Å². The number of thiophene rings is 1. The van der Waals surface area contributed by atoms with Gasteiger partial charge in [0.05, 0.1) is 6.54 Å². The molecule has 1 aromatic heterocycles. The Labute approximate surface area is 126 Å². The summed E-state index contributed by atoms with van der Waals surface area (Å²) < 4.78 is 0. The van der Waals surface area contributed by atoms with Gasteiger partial charge < -0.3 is 0 Å². The van der Waals surface area contributed by atoms with Crippen LogP contribution in [0.3, 0.4) is 0 Å². The first-order valence-corrected chi connectivity index (χ1v) is 8.81. The minimum absolute atomic E-state index is 0.330. The van der Waals surface area contributed by atoms with Gasteiger partial charge in [0.1, 0.15) is 0 Å². The van der Waals surface area contributed by atoms with E-state index in [4.69, 9.17) is 0 Å². The second-order valence-electron chi connectivity index (χ2n) is 6.47. The summed E-state index contributed by atoms with van der Waals surface area (Å²) in [6, 6.07) is 2.75. The first kappa shape index (κ1) is 14.3. The third-order valence-electron chi connectivity index (χ3n) is 5.05. The molecule has 2 heterocycles. The number of hydrogen-bond acceptors (Lipinski definition) is 3. The van der Waals surface area contributed by atoms with Gasteiger partial charge in [0.2, 0.25) is 0 Å². The molecule has 0 amide bonds. The van der Waals surface area contributed by atoms with Gasteiger partial charge in [-0.3, -0.25) is 9.69 Å². The molecule has 1 saturated heterocycles. The van der Waals surface area contributed by atoms with Gasteiger partial charge in [-0.05, 0) is 58.1 Å². The van der Waals surface area contributed by atoms with Gasteiger partial charge in [-0.2, -0.15) is 0 Å². The molecule has 0 N–H and O–H groups in total. The van der Waals surface area contributed by atoms with Crippen LogP contribution in [0.1, 0.15) is 58.6 Å². The second kappa shape index (κ2) is 5.98. The highest BCUT2D eigenvalue weighted by Gasteiger charge is 2.34. The normalized spacial score (nSPS) is 24.6. The Hall–Kier alpha value is -0.670. The number of carbonyl (C=O) groups excluding carboxylic acids is 1. The maximum Gasteiger partial charge on any atom is 0.177 e. The van der Waals surface area contributed by atoms with Crippen molar-refractivity contribution < 1.29 is 4.79 Å². The van der Waals surface area contributed by atoms with Crippen LogP contribution in [0.2, 0.25) is 0 Å². The summed E-state index contributed by atoms with van der Waals surface area (Å²) in [6.45, 7) is 5.92. The lowest BCUT2D eigenvalue weighted by Gasteiger charge is -2.28. The van der Waals surface area contributed by atoms with Crippen molar-refractivity contribution in [1.29, 1.82) is 0 Å². The van der Waals surface area contributed by atoms with Crippen LogP contribution in [0, 0.1) is 19.8 Å². The van der Waals surface area contributed by atoms with Gasteiger partial charge in [0.25, 0.3) is 0 Å². The molecule has 3 rings (SSSR count). The molecular weight excluding hydrogens is 266 g/mol. The van der Waals surface area contributed by atoms with Crippen LogP contribution in [0.5, 0.6) is 0 Å². The summed E-state index contributed by atoms with van der Waals surface area (Å²) in [5.41, 5.74) is 0.963. The SMILES string of the molecule is Cc1cc(C(=O)CN2CCCC2C2CCCC2)c(C)s1. The lowest BCUT2D eigenvalue weighted by molar-refractivity contribution is 0.0896. The summed E-state index contributed by atoms with van der Waals surface area (Å²) in [5, 5.41) is 0. The van der Waals surface area contributed by atoms with Crippen LogP contribution in [-0.2, 0) is 0 Å². The average Bonchev–Trinajstić information content (AvgIpc) is 3.09. The van der Waals surface area contributed by atoms with Crippen LogP contribution in [0.4, 0.5) is 0 Å². The largest absolute Gasteiger partial charge is 0.293 e. The molecule has 1 atom stereocenters. The predicted molar refractivity (Wildman–Crippen MR) is 84.7 cm³/mol. The van der Waals surface area contributed by atoms with E-state index < -0.39 is 0 Å². The van der Waals surface area contributed by atoms with Crippen molar-refractivity contribution in [2.24, 2.45) is 5.92 Å². The number of aryl methyl sites for hydroxylation is 2. The van der Waals surface area contributed by atoms with E-state index in [0.29, 0.717) is 18.4 Å². The summed E-state index contributed by atoms with van der Waals surface area (Å²) in [7, 11) is 0. The number of carbonyl (C=O) groups is 1. The van der Waals surface area contributed by atoms with Crippen molar-refractivity contribution in [2.75, 3.05) is 13.1 Å². The van der Waals surface area contributed by atoms with Crippen molar-refractivity contribution in [3.8, 4) is 0 Å². The minimum Gasteiger partial charge on any atom is -0.293 e. The maximum absolute atomic E-state index is 12.6. The standard InChI is InChI=1S/C17H25NOS/c1-12-10-15(13(2)20-12)17(19)11-18-9-5-8-16(18)14-6-3-4-7-14/h10,14,16H,3-9,11H2,1-2H3. The highest BCUT2D eigenvalue weighted by atomic mass is 32.1. The zero-order valence-corrected chi connectivity index (χ0v) is 13.5. The predicted octanol–water partition coefficient (Wildman–Crippen LogP) is 4.20. The number of hydrogen-bond donors (Lipinski definition) is 0. The molecule has 1 aliphatic heterocycles. The Kier molecular flexibility index (Phi) is 4.27. The van der Waals surface area contributed by atoms with E-state index in [-0.39, 0.29) is 0 Å². The van der Waals surface area contributed by atoms with Gasteiger partial charge in [0.15, 0.2) is 5.78 Å². The molecule has 2 nitrogen and oxygen atoms in total. The third-order valence-corrected chi connectivity index (χ3v) is 6.01. The van der Waals surface area contributed by atoms with E-state index in [9.17, 15) is 4.79 Å². The topological polar surface area (TPSA) is 20.3 Å². The lowest BCUT2D eigenvalue weighted by atomic mass is 9.95. The van der Waals surface area contributed by atoms with Crippen molar-refractivity contribution in [3.63, 3.8) is 0 Å². The Morgan fingerprint density at radius 1 is 1.25 bits per heavy atom. The zero-order valence-electron chi connectivity index (χ0n) is 12.7. The van der Waals surface area contributed by atoms with Crippen molar-refractivity contribution in [2.45, 2.75) is 58.4 Å². The fraction of sp³-hybridized carbons (Fsp3) is 0.706. The Morgan fingerprint density at radius 2 is 2.00 bits per heavy atom. The van der Waals surface area contributed by atoms with E-state index in [0.717, 1.165) is 18.0 Å². The Balaban J connectivity index is 1.67. The molecule has 0 aromatic carbocycles. The molecule has 0 radical (unpaired) electrons. The van der Waals surface area contributed by atoms with Gasteiger partial charge >= 0.3 is 0 Å². The fourth-order valence-electron chi connectivity index (χ4n) is 4.10. The van der Waals surface area contributed by atoms with E-state index >= 15 is 0 Å². The summed E-state index contributed by atoms with van der Waals surface area (Å²) >= 11 is 1.74. The fourth-order valence-corrected chi connectivity index (χ4v) is 5.04. The van der Waals surface area contributed by atoms with Crippen LogP contribution >= 0.6 is 11.3 Å². The maximum atomic E-state index is 12.6. The lowest BCUT2D eigenvalue weighted by Crippen LogP contribution is -2.38. The number of ketones is 1. The Morgan fingerprint density at radius 3 is 2.65 bits per heavy atom. The van der Waals surface area contributed by atoms with Crippen LogP contribution in [0.15, 0.2) is 6.07 Å². The van der Waals surface area contributed by atoms with E-state index in [2.05, 4.69) is 24.8 Å². The summed E-state index contributed by atoms with van der Waals surface area (Å²) in [4.78, 5) is 17.5. The van der Waals surface area contributed by atoms with Gasteiger partial charge in [0, 0.05) is 21.4 Å². The molecule has 1 aromatic rings.